The zero-order valence-electron chi connectivity index (χ0n) is 5.54. The van der Waals surface area contributed by atoms with Gasteiger partial charge in [0.1, 0.15) is 0 Å². The molecule has 0 heterocycles. The Morgan fingerprint density at radius 2 is 0.889 bits per heavy atom. The third-order valence-electron chi connectivity index (χ3n) is 0. The van der Waals surface area contributed by atoms with E-state index in [1.807, 2.05) is 0 Å². The van der Waals surface area contributed by atoms with Crippen molar-refractivity contribution in [3.8, 4) is 0 Å². The van der Waals surface area contributed by atoms with E-state index in [-0.39, 0.29) is 176 Å². The van der Waals surface area contributed by atoms with Gasteiger partial charge in [-0.2, -0.15) is 0 Å². The second-order valence-corrected chi connectivity index (χ2v) is 1.22. The molecule has 0 aromatic heterocycles. The molecule has 0 aromatic rings. The number of hydrogen-bond donors (Lipinski definition) is 0. The summed E-state index contributed by atoms with van der Waals surface area (Å²) in [5.41, 5.74) is 0. The Morgan fingerprint density at radius 1 is 0.889 bits per heavy atom. The summed E-state index contributed by atoms with van der Waals surface area (Å²) in [6.07, 6.45) is 0. The molecule has 0 N–H and O–H groups in total. The van der Waals surface area contributed by atoms with Crippen LogP contribution in [0, 0.1) is 0 Å². The fraction of sp³-hybridized carbons (Fsp3) is 0. The summed E-state index contributed by atoms with van der Waals surface area (Å²) >= 11 is 0. The number of hydrogen-bond acceptors (Lipinski definition) is 4. The topological polar surface area (TPSA) is 80.3 Å². The van der Waals surface area contributed by atoms with Crippen molar-refractivity contribution in [1.82, 2.24) is 0 Å². The molecule has 0 amide bonds. The van der Waals surface area contributed by atoms with Gasteiger partial charge in [-0.25, -0.2) is 0 Å². The van der Waals surface area contributed by atoms with Gasteiger partial charge in [-0.3, -0.25) is 8.42 Å². The minimum absolute atomic E-state index is 0. The van der Waals surface area contributed by atoms with Crippen molar-refractivity contribution >= 4 is 10.4 Å². The van der Waals surface area contributed by atoms with Gasteiger partial charge in [0.15, 0.2) is 0 Å². The molecular formula is K3O4STi+3. The van der Waals surface area contributed by atoms with Gasteiger partial charge < -0.3 is 9.11 Å². The molecule has 0 fully saturated rings. The summed E-state index contributed by atoms with van der Waals surface area (Å²) in [5, 5.41) is 0. The van der Waals surface area contributed by atoms with E-state index in [0.29, 0.717) is 0 Å². The summed E-state index contributed by atoms with van der Waals surface area (Å²) in [5.74, 6) is 0. The van der Waals surface area contributed by atoms with E-state index < -0.39 is 10.4 Å². The predicted molar refractivity (Wildman–Crippen MR) is 10.5 cm³/mol. The first kappa shape index (κ1) is 29.3. The zero-order valence-corrected chi connectivity index (χ0v) is 17.3. The average molecular weight is 261 g/mol. The van der Waals surface area contributed by atoms with E-state index in [4.69, 9.17) is 17.5 Å². The molecule has 0 radical (unpaired) electrons. The first-order valence-electron chi connectivity index (χ1n) is 0.667. The van der Waals surface area contributed by atoms with E-state index in [1.54, 1.807) is 0 Å². The van der Waals surface area contributed by atoms with E-state index in [0.717, 1.165) is 0 Å². The molecule has 0 bridgehead atoms. The first-order chi connectivity index (χ1) is 2.00. The molecule has 9 heavy (non-hydrogen) atoms. The molecule has 4 nitrogen and oxygen atoms in total. The Kier molecular flexibility index (Phi) is 51.9. The van der Waals surface area contributed by atoms with Crippen LogP contribution in [0.15, 0.2) is 0 Å². The van der Waals surface area contributed by atoms with Gasteiger partial charge >= 0.3 is 176 Å². The molecule has 0 unspecified atom stereocenters. The predicted octanol–water partition coefficient (Wildman–Crippen LogP) is -10.3. The standard InChI is InChI=1S/3K.H2O4S.Ti/c;;;1-5(2,3)4;/h;;;(H2,1,2,3,4);/q3*+1;;+2/p-2. The molecule has 0 saturated carbocycles. The summed E-state index contributed by atoms with van der Waals surface area (Å²) < 4.78 is 34.1. The van der Waals surface area contributed by atoms with Gasteiger partial charge in [0, 0.05) is 10.4 Å². The molecule has 0 aliphatic rings. The van der Waals surface area contributed by atoms with Crippen LogP contribution in [0.3, 0.4) is 0 Å². The Morgan fingerprint density at radius 3 is 0.889 bits per heavy atom. The second kappa shape index (κ2) is 15.9. The van der Waals surface area contributed by atoms with Crippen LogP contribution in [0.25, 0.3) is 0 Å². The Balaban J connectivity index is -0.0000000133. The maximum atomic E-state index is 8.52. The van der Waals surface area contributed by atoms with Crippen molar-refractivity contribution < 1.29 is 193 Å². The van der Waals surface area contributed by atoms with Gasteiger partial charge in [-0.1, -0.05) is 0 Å². The molecule has 34 valence electrons. The molecule has 0 spiro atoms. The van der Waals surface area contributed by atoms with Crippen LogP contribution in [-0.2, 0) is 32.1 Å². The molecule has 0 saturated heterocycles. The van der Waals surface area contributed by atoms with Crippen molar-refractivity contribution in [2.24, 2.45) is 0 Å². The van der Waals surface area contributed by atoms with Crippen molar-refractivity contribution in [2.45, 2.75) is 0 Å². The van der Waals surface area contributed by atoms with Crippen molar-refractivity contribution in [2.75, 3.05) is 0 Å². The summed E-state index contributed by atoms with van der Waals surface area (Å²) in [7, 11) is -5.17. The van der Waals surface area contributed by atoms with Crippen molar-refractivity contribution in [3.63, 3.8) is 0 Å². The van der Waals surface area contributed by atoms with Gasteiger partial charge in [0.25, 0.3) is 0 Å². The van der Waals surface area contributed by atoms with Gasteiger partial charge in [-0.15, -0.1) is 0 Å². The van der Waals surface area contributed by atoms with Crippen molar-refractivity contribution in [3.05, 3.63) is 0 Å². The Hall–Kier alpha value is 5.49. The largest absolute Gasteiger partial charge is 2.00 e. The maximum Gasteiger partial charge on any atom is 2.00 e. The first-order valence-corrected chi connectivity index (χ1v) is 2.00. The molecule has 0 aromatic carbocycles. The Labute approximate surface area is 197 Å². The van der Waals surface area contributed by atoms with Crippen LogP contribution < -0.4 is 154 Å². The van der Waals surface area contributed by atoms with Crippen LogP contribution in [0.5, 0.6) is 0 Å². The third-order valence-corrected chi connectivity index (χ3v) is 0. The van der Waals surface area contributed by atoms with Crippen LogP contribution in [0.2, 0.25) is 0 Å². The van der Waals surface area contributed by atoms with Crippen LogP contribution in [0.1, 0.15) is 0 Å². The van der Waals surface area contributed by atoms with E-state index in [2.05, 4.69) is 0 Å². The fourth-order valence-electron chi connectivity index (χ4n) is 0. The van der Waals surface area contributed by atoms with Crippen LogP contribution >= 0.6 is 0 Å². The quantitative estimate of drug-likeness (QED) is 0.246. The molecule has 0 aliphatic carbocycles. The summed E-state index contributed by atoms with van der Waals surface area (Å²) in [4.78, 5) is 0. The van der Waals surface area contributed by atoms with Crippen molar-refractivity contribution in [1.29, 1.82) is 0 Å². The number of rotatable bonds is 0. The van der Waals surface area contributed by atoms with Gasteiger partial charge in [0.05, 0.1) is 0 Å². The molecular weight excluding hydrogens is 261 g/mol. The van der Waals surface area contributed by atoms with Gasteiger partial charge in [0.2, 0.25) is 0 Å². The van der Waals surface area contributed by atoms with E-state index >= 15 is 0 Å². The summed E-state index contributed by atoms with van der Waals surface area (Å²) in [6.45, 7) is 0. The third kappa shape index (κ3) is 59.1. The normalized spacial score (nSPS) is 6.44. The second-order valence-electron chi connectivity index (χ2n) is 0.408. The zero-order chi connectivity index (χ0) is 4.50. The average Bonchev–Trinajstić information content (AvgIpc) is 0.722. The fourth-order valence-corrected chi connectivity index (χ4v) is 0. The molecule has 0 rings (SSSR count). The minimum Gasteiger partial charge on any atom is -0.759 e. The van der Waals surface area contributed by atoms with E-state index in [1.165, 1.54) is 0 Å². The SMILES string of the molecule is O=S(=O)([O-])[O-].[K+].[K+].[K+].[Ti+2]. The summed E-state index contributed by atoms with van der Waals surface area (Å²) in [6, 6.07) is 0. The van der Waals surface area contributed by atoms with E-state index in [9.17, 15) is 0 Å². The van der Waals surface area contributed by atoms with Gasteiger partial charge in [-0.05, 0) is 0 Å². The molecule has 0 aliphatic heterocycles. The van der Waals surface area contributed by atoms with Crippen LogP contribution in [-0.4, -0.2) is 17.5 Å². The molecule has 9 heteroatoms. The smallest absolute Gasteiger partial charge is 0.759 e. The van der Waals surface area contributed by atoms with Crippen LogP contribution in [0.4, 0.5) is 0 Å². The Bertz CT molecular complexity index is 99.0. The molecule has 0 atom stereocenters. The maximum absolute atomic E-state index is 8.52. The monoisotopic (exact) mass is 261 g/mol. The minimum atomic E-state index is -5.17.